The summed E-state index contributed by atoms with van der Waals surface area (Å²) < 4.78 is 24.6. The number of carbonyl (C=O) groups is 1. The average Bonchev–Trinajstić information content (AvgIpc) is 3.21. The predicted octanol–water partition coefficient (Wildman–Crippen LogP) is 2.41. The molecule has 0 amide bonds. The maximum atomic E-state index is 12.3. The molecule has 0 saturated heterocycles. The zero-order valence-electron chi connectivity index (χ0n) is 10.8. The molecule has 0 aliphatic heterocycles. The summed E-state index contributed by atoms with van der Waals surface area (Å²) in [4.78, 5) is 14.1. The Morgan fingerprint density at radius 3 is 2.25 bits per heavy atom. The van der Waals surface area contributed by atoms with Crippen molar-refractivity contribution >= 4 is 15.6 Å². The number of allylic oxidation sites excluding steroid dienone is 1. The lowest BCUT2D eigenvalue weighted by atomic mass is 10.0. The number of Topliss-reactive ketones (excluding diaryl/α,β-unsaturated/α-hetero) is 1. The molecule has 1 aromatic carbocycles. The first-order valence-corrected chi connectivity index (χ1v) is 7.44. The van der Waals surface area contributed by atoms with Crippen LogP contribution in [0.1, 0.15) is 19.8 Å². The van der Waals surface area contributed by atoms with Crippen LogP contribution >= 0.6 is 0 Å². The fraction of sp³-hybridized carbons (Fsp3) is 0.308. The molecule has 0 aromatic heterocycles. The van der Waals surface area contributed by atoms with Crippen molar-refractivity contribution in [1.82, 2.24) is 0 Å². The summed E-state index contributed by atoms with van der Waals surface area (Å²) in [5.74, 6) is -1.03. The summed E-state index contributed by atoms with van der Waals surface area (Å²) in [7, 11) is -4.17. The van der Waals surface area contributed by atoms with Crippen LogP contribution in [0.5, 0.6) is 0 Å². The van der Waals surface area contributed by atoms with Crippen molar-refractivity contribution < 1.29 is 18.3 Å². The highest BCUT2D eigenvalue weighted by Crippen LogP contribution is 2.53. The van der Waals surface area contributed by atoms with Crippen LogP contribution in [-0.4, -0.2) is 19.3 Å². The van der Waals surface area contributed by atoms with Gasteiger partial charge in [-0.2, -0.15) is 0 Å². The number of ketones is 1. The van der Waals surface area contributed by atoms with Gasteiger partial charge in [-0.05, 0) is 31.9 Å². The molecule has 2 rings (SSSR count). The summed E-state index contributed by atoms with van der Waals surface area (Å²) >= 11 is 0. The number of carbonyl (C=O) groups excluding carboxylic acids is 1. The Labute approximate surface area is 116 Å². The van der Waals surface area contributed by atoms with Crippen molar-refractivity contribution in [2.45, 2.75) is 24.7 Å². The lowest BCUT2D eigenvalue weighted by molar-refractivity contribution is -0.121. The molecule has 0 radical (unpaired) electrons. The second-order valence-electron chi connectivity index (χ2n) is 4.71. The Morgan fingerprint density at radius 2 is 1.85 bits per heavy atom. The quantitative estimate of drug-likeness (QED) is 0.678. The third kappa shape index (κ3) is 2.08. The van der Waals surface area contributed by atoms with Gasteiger partial charge in [-0.3, -0.25) is 4.79 Å². The monoisotopic (exact) mass is 293 g/mol. The number of aliphatic hydroxyl groups is 1. The van der Waals surface area contributed by atoms with E-state index in [4.69, 9.17) is 5.39 Å². The van der Waals surface area contributed by atoms with Crippen LogP contribution in [0.15, 0.2) is 46.0 Å². The van der Waals surface area contributed by atoms with Crippen molar-refractivity contribution in [2.75, 3.05) is 0 Å². The molecule has 0 unspecified atom stereocenters. The molecule has 6 nitrogen and oxygen atoms in total. The molecule has 0 spiro atoms. The molecular formula is C13H13N2O4S+. The summed E-state index contributed by atoms with van der Waals surface area (Å²) in [6, 6.07) is 7.30. The fourth-order valence-corrected chi connectivity index (χ4v) is 3.32. The van der Waals surface area contributed by atoms with E-state index < -0.39 is 26.0 Å². The van der Waals surface area contributed by atoms with E-state index in [0.717, 1.165) is 0 Å². The van der Waals surface area contributed by atoms with Gasteiger partial charge in [-0.1, -0.05) is 18.2 Å². The minimum Gasteiger partial charge on any atom is -0.504 e. The van der Waals surface area contributed by atoms with Crippen LogP contribution in [0, 0.1) is 10.8 Å². The lowest BCUT2D eigenvalue weighted by Crippen LogP contribution is -2.18. The van der Waals surface area contributed by atoms with Crippen molar-refractivity contribution in [1.29, 1.82) is 5.39 Å². The number of hydrogen-bond acceptors (Lipinski definition) is 5. The van der Waals surface area contributed by atoms with Gasteiger partial charge in [-0.15, -0.1) is 0 Å². The minimum atomic E-state index is -4.17. The first-order valence-electron chi connectivity index (χ1n) is 5.96. The summed E-state index contributed by atoms with van der Waals surface area (Å²) in [6.07, 6.45) is 0.689. The van der Waals surface area contributed by atoms with Gasteiger partial charge < -0.3 is 5.11 Å². The highest BCUT2D eigenvalue weighted by atomic mass is 32.2. The number of aliphatic hydroxyl groups excluding tert-OH is 1. The fourth-order valence-electron chi connectivity index (χ4n) is 2.02. The topological polar surface area (TPSA) is 99.6 Å². The second kappa shape index (κ2) is 4.72. The van der Waals surface area contributed by atoms with Gasteiger partial charge in [0.25, 0.3) is 9.84 Å². The molecule has 1 N–H and O–H groups in total. The molecular weight excluding hydrogens is 280 g/mol. The Kier molecular flexibility index (Phi) is 3.36. The molecule has 7 heteroatoms. The largest absolute Gasteiger partial charge is 0.516 e. The standard InChI is InChI=1S/C13H12N2O4S/c1-9(16)13(7-8-13)11(17)12(15-14)20(18,19)10-5-3-2-4-6-10/h2-6H,7-8H2,1H3/p+1/b12-11-. The third-order valence-electron chi connectivity index (χ3n) is 3.48. The van der Waals surface area contributed by atoms with E-state index in [-0.39, 0.29) is 10.7 Å². The molecule has 20 heavy (non-hydrogen) atoms. The van der Waals surface area contributed by atoms with Crippen molar-refractivity contribution in [3.63, 3.8) is 0 Å². The second-order valence-corrected chi connectivity index (χ2v) is 6.57. The number of rotatable bonds is 4. The van der Waals surface area contributed by atoms with Crippen LogP contribution in [0.4, 0.5) is 0 Å². The first-order chi connectivity index (χ1) is 9.36. The van der Waals surface area contributed by atoms with Crippen LogP contribution in [0.2, 0.25) is 0 Å². The minimum absolute atomic E-state index is 0.112. The Balaban J connectivity index is 2.60. The summed E-state index contributed by atoms with van der Waals surface area (Å²) in [6.45, 7) is 1.27. The molecule has 1 aliphatic carbocycles. The van der Waals surface area contributed by atoms with Gasteiger partial charge in [0, 0.05) is 0 Å². The van der Waals surface area contributed by atoms with E-state index in [9.17, 15) is 18.3 Å². The number of sulfone groups is 1. The number of hydrogen-bond donors (Lipinski definition) is 1. The number of benzene rings is 1. The third-order valence-corrected chi connectivity index (χ3v) is 5.16. The Bertz CT molecular complexity index is 725. The molecule has 1 aromatic rings. The van der Waals surface area contributed by atoms with Crippen LogP contribution in [-0.2, 0) is 14.6 Å². The first kappa shape index (κ1) is 14.2. The molecule has 0 bridgehead atoms. The van der Waals surface area contributed by atoms with Gasteiger partial charge >= 0.3 is 5.03 Å². The number of diazo groups is 1. The van der Waals surface area contributed by atoms with Crippen LogP contribution < -0.4 is 0 Å². The Hall–Kier alpha value is -2.20. The maximum Gasteiger partial charge on any atom is 0.516 e. The van der Waals surface area contributed by atoms with Crippen molar-refractivity contribution in [2.24, 2.45) is 5.41 Å². The van der Waals surface area contributed by atoms with Gasteiger partial charge in [0.1, 0.15) is 5.78 Å². The molecule has 0 heterocycles. The molecule has 0 atom stereocenters. The highest BCUT2D eigenvalue weighted by Gasteiger charge is 2.57. The van der Waals surface area contributed by atoms with Crippen LogP contribution in [0.3, 0.4) is 0 Å². The van der Waals surface area contributed by atoms with E-state index >= 15 is 0 Å². The SMILES string of the molecule is CC(=O)C1(/C(O)=C(\[N+]#N)S(=O)(=O)c2ccccc2)CC1. The summed E-state index contributed by atoms with van der Waals surface area (Å²) in [5, 5.41) is 18.2. The summed E-state index contributed by atoms with van der Waals surface area (Å²) in [5.41, 5.74) is -1.22. The van der Waals surface area contributed by atoms with E-state index in [1.54, 1.807) is 6.07 Å². The van der Waals surface area contributed by atoms with Gasteiger partial charge in [0.05, 0.1) is 10.3 Å². The molecule has 1 fully saturated rings. The van der Waals surface area contributed by atoms with E-state index in [1.807, 2.05) is 0 Å². The van der Waals surface area contributed by atoms with Crippen LogP contribution in [0.25, 0.3) is 4.98 Å². The van der Waals surface area contributed by atoms with Gasteiger partial charge in [0.2, 0.25) is 11.2 Å². The maximum absolute atomic E-state index is 12.3. The van der Waals surface area contributed by atoms with E-state index in [1.165, 1.54) is 31.2 Å². The molecule has 104 valence electrons. The zero-order chi connectivity index (χ0) is 15.0. The normalized spacial score (nSPS) is 17.8. The van der Waals surface area contributed by atoms with Crippen molar-refractivity contribution in [3.8, 4) is 0 Å². The lowest BCUT2D eigenvalue weighted by Gasteiger charge is -2.07. The zero-order valence-corrected chi connectivity index (χ0v) is 11.6. The number of nitrogens with zero attached hydrogens (tertiary/aromatic N) is 2. The highest BCUT2D eigenvalue weighted by molar-refractivity contribution is 7.95. The Morgan fingerprint density at radius 1 is 1.30 bits per heavy atom. The van der Waals surface area contributed by atoms with Gasteiger partial charge in [-0.25, -0.2) is 8.42 Å². The predicted molar refractivity (Wildman–Crippen MR) is 70.7 cm³/mol. The molecule has 1 aliphatic rings. The average molecular weight is 293 g/mol. The van der Waals surface area contributed by atoms with Crippen molar-refractivity contribution in [3.05, 3.63) is 46.1 Å². The smallest absolute Gasteiger partial charge is 0.504 e. The van der Waals surface area contributed by atoms with Gasteiger partial charge in [0.15, 0.2) is 4.98 Å². The van der Waals surface area contributed by atoms with E-state index in [0.29, 0.717) is 12.8 Å². The van der Waals surface area contributed by atoms with E-state index in [2.05, 4.69) is 4.98 Å². The molecule has 1 saturated carbocycles.